The van der Waals surface area contributed by atoms with Crippen LogP contribution in [0.2, 0.25) is 0 Å². The zero-order valence-electron chi connectivity index (χ0n) is 31.6. The molecule has 10 nitrogen and oxygen atoms in total. The van der Waals surface area contributed by atoms with Gasteiger partial charge < -0.3 is 28.4 Å². The highest BCUT2D eigenvalue weighted by Gasteiger charge is 2.55. The fourth-order valence-electron chi connectivity index (χ4n) is 7.11. The van der Waals surface area contributed by atoms with Gasteiger partial charge in [0.25, 0.3) is 0 Å². The smallest absolute Gasteiger partial charge is 0.371 e. The normalized spacial score (nSPS) is 25.2. The molecule has 12 heteroatoms. The van der Waals surface area contributed by atoms with Crippen LogP contribution >= 0.6 is 0 Å². The standard InChI is InChI=1S/C45H48O10S2/c46-57(47,48)55-39-30-53-45(38-24-14-5-15-25-38)54-40(39)32-56-33-41(50-27-35-18-8-2-9-19-35)43(51-28-36-20-10-3-11-21-36)44(52-29-37-22-12-4-13-23-37)42(56)31-49-26-34-16-6-1-7-17-34/h1-25,39-45H,26-33H2/p+1/t39-,40+,41+,42-,43-,44-,45?,56?/m1/s1. The van der Waals surface area contributed by atoms with Gasteiger partial charge in [0.05, 0.1) is 39.6 Å². The van der Waals surface area contributed by atoms with Crippen molar-refractivity contribution in [2.45, 2.75) is 68.5 Å². The third-order valence-electron chi connectivity index (χ3n) is 9.95. The zero-order valence-corrected chi connectivity index (χ0v) is 33.2. The summed E-state index contributed by atoms with van der Waals surface area (Å²) in [4.78, 5) is 0. The highest BCUT2D eigenvalue weighted by molar-refractivity contribution is 7.97. The van der Waals surface area contributed by atoms with Crippen LogP contribution in [0.25, 0.3) is 0 Å². The Kier molecular flexibility index (Phi) is 15.0. The van der Waals surface area contributed by atoms with E-state index in [0.29, 0.717) is 44.5 Å². The molecule has 7 rings (SSSR count). The minimum atomic E-state index is -4.83. The number of ether oxygens (including phenoxy) is 6. The molecule has 0 saturated carbocycles. The van der Waals surface area contributed by atoms with E-state index < -0.39 is 58.1 Å². The van der Waals surface area contributed by atoms with E-state index in [0.717, 1.165) is 27.8 Å². The monoisotopic (exact) mass is 813 g/mol. The second-order valence-corrected chi connectivity index (χ2v) is 17.5. The number of benzene rings is 5. The quantitative estimate of drug-likeness (QED) is 0.0716. The van der Waals surface area contributed by atoms with Gasteiger partial charge in [-0.25, -0.2) is 4.18 Å². The van der Waals surface area contributed by atoms with Crippen LogP contribution in [0.15, 0.2) is 152 Å². The molecule has 300 valence electrons. The molecule has 0 amide bonds. The lowest BCUT2D eigenvalue weighted by molar-refractivity contribution is -0.245. The summed E-state index contributed by atoms with van der Waals surface area (Å²) in [5.74, 6) is 0.903. The lowest BCUT2D eigenvalue weighted by Crippen LogP contribution is -2.62. The Morgan fingerprint density at radius 2 is 1.07 bits per heavy atom. The molecule has 57 heavy (non-hydrogen) atoms. The average Bonchev–Trinajstić information content (AvgIpc) is 3.24. The van der Waals surface area contributed by atoms with Crippen LogP contribution < -0.4 is 0 Å². The van der Waals surface area contributed by atoms with Gasteiger partial charge in [-0.05, 0) is 22.3 Å². The van der Waals surface area contributed by atoms with Gasteiger partial charge in [-0.1, -0.05) is 152 Å². The van der Waals surface area contributed by atoms with Gasteiger partial charge in [0.2, 0.25) is 0 Å². The van der Waals surface area contributed by atoms with Gasteiger partial charge in [0.15, 0.2) is 11.5 Å². The molecule has 8 atom stereocenters. The van der Waals surface area contributed by atoms with Crippen molar-refractivity contribution in [1.82, 2.24) is 0 Å². The van der Waals surface area contributed by atoms with Crippen molar-refractivity contribution in [2.24, 2.45) is 0 Å². The molecule has 1 N–H and O–H groups in total. The Labute approximate surface area is 338 Å². The molecule has 2 aliphatic heterocycles. The molecule has 2 saturated heterocycles. The van der Waals surface area contributed by atoms with Gasteiger partial charge in [-0.15, -0.1) is 0 Å². The van der Waals surface area contributed by atoms with Crippen molar-refractivity contribution in [2.75, 3.05) is 24.7 Å². The fraction of sp³-hybridized carbons (Fsp3) is 0.333. The van der Waals surface area contributed by atoms with Crippen molar-refractivity contribution in [1.29, 1.82) is 0 Å². The first kappa shape index (κ1) is 41.2. The molecular formula is C45H49O10S2+. The molecule has 2 fully saturated rings. The maximum absolute atomic E-state index is 12.2. The summed E-state index contributed by atoms with van der Waals surface area (Å²) in [6, 6.07) is 49.5. The number of hydrogen-bond donors (Lipinski definition) is 1. The summed E-state index contributed by atoms with van der Waals surface area (Å²) in [5, 5.41) is -0.234. The Bertz CT molecular complexity index is 2010. The van der Waals surface area contributed by atoms with Crippen molar-refractivity contribution in [3.8, 4) is 0 Å². The summed E-state index contributed by atoms with van der Waals surface area (Å²) >= 11 is 0. The topological polar surface area (TPSA) is 119 Å². The maximum atomic E-state index is 12.2. The van der Waals surface area contributed by atoms with Crippen LogP contribution in [0.3, 0.4) is 0 Å². The van der Waals surface area contributed by atoms with Gasteiger partial charge >= 0.3 is 10.4 Å². The van der Waals surface area contributed by atoms with Crippen LogP contribution in [0, 0.1) is 0 Å². The lowest BCUT2D eigenvalue weighted by Gasteiger charge is -2.43. The number of rotatable bonds is 18. The second-order valence-electron chi connectivity index (χ2n) is 14.1. The minimum absolute atomic E-state index is 0.110. The van der Waals surface area contributed by atoms with Gasteiger partial charge in [-0.3, -0.25) is 4.55 Å². The van der Waals surface area contributed by atoms with Crippen LogP contribution in [-0.2, 0) is 80.3 Å². The van der Waals surface area contributed by atoms with E-state index in [4.69, 9.17) is 32.6 Å². The van der Waals surface area contributed by atoms with Crippen LogP contribution in [0.1, 0.15) is 34.1 Å². The van der Waals surface area contributed by atoms with E-state index in [9.17, 15) is 13.0 Å². The van der Waals surface area contributed by atoms with E-state index in [1.807, 2.05) is 152 Å². The molecule has 0 aliphatic carbocycles. The van der Waals surface area contributed by atoms with E-state index >= 15 is 0 Å². The molecule has 2 heterocycles. The van der Waals surface area contributed by atoms with Gasteiger partial charge in [0, 0.05) is 16.5 Å². The first-order chi connectivity index (χ1) is 27.9. The van der Waals surface area contributed by atoms with Crippen molar-refractivity contribution in [3.05, 3.63) is 179 Å². The SMILES string of the molecule is O=S(=O)(O)O[C@@H]1COC(c2ccccc2)O[C@H]1C[S+]1C[C@H](OCc2ccccc2)[C@@H](OCc2ccccc2)[C@H](OCc2ccccc2)[C@H]1COCc1ccccc1. The second kappa shape index (κ2) is 20.7. The molecule has 0 radical (unpaired) electrons. The molecule has 2 unspecified atom stereocenters. The summed E-state index contributed by atoms with van der Waals surface area (Å²) in [6.45, 7) is 1.63. The van der Waals surface area contributed by atoms with Crippen molar-refractivity contribution in [3.63, 3.8) is 0 Å². The highest BCUT2D eigenvalue weighted by atomic mass is 32.3. The lowest BCUT2D eigenvalue weighted by atomic mass is 10.0. The van der Waals surface area contributed by atoms with E-state index in [1.54, 1.807) is 0 Å². The molecule has 5 aromatic rings. The van der Waals surface area contributed by atoms with E-state index in [-0.39, 0.29) is 11.9 Å². The first-order valence-electron chi connectivity index (χ1n) is 19.1. The van der Waals surface area contributed by atoms with Crippen molar-refractivity contribution < 1.29 is 45.6 Å². The first-order valence-corrected chi connectivity index (χ1v) is 22.1. The molecule has 0 aromatic heterocycles. The highest BCUT2D eigenvalue weighted by Crippen LogP contribution is 2.36. The summed E-state index contributed by atoms with van der Waals surface area (Å²) in [7, 11) is -5.43. The molecular weight excluding hydrogens is 765 g/mol. The zero-order chi connectivity index (χ0) is 39.3. The largest absolute Gasteiger partial charge is 0.397 e. The predicted octanol–water partition coefficient (Wildman–Crippen LogP) is 7.26. The van der Waals surface area contributed by atoms with E-state index in [2.05, 4.69) is 0 Å². The molecule has 0 spiro atoms. The predicted molar refractivity (Wildman–Crippen MR) is 218 cm³/mol. The minimum Gasteiger partial charge on any atom is -0.371 e. The van der Waals surface area contributed by atoms with Crippen LogP contribution in [0.4, 0.5) is 0 Å². The molecule has 0 bridgehead atoms. The summed E-state index contributed by atoms with van der Waals surface area (Å²) in [5.41, 5.74) is 4.88. The maximum Gasteiger partial charge on any atom is 0.397 e. The van der Waals surface area contributed by atoms with Gasteiger partial charge in [0.1, 0.15) is 42.0 Å². The third-order valence-corrected chi connectivity index (χ3v) is 13.2. The number of hydrogen-bond acceptors (Lipinski definition) is 9. The van der Waals surface area contributed by atoms with E-state index in [1.165, 1.54) is 0 Å². The van der Waals surface area contributed by atoms with Gasteiger partial charge in [-0.2, -0.15) is 8.42 Å². The Morgan fingerprint density at radius 3 is 1.60 bits per heavy atom. The molecule has 2 aliphatic rings. The Morgan fingerprint density at radius 1 is 0.596 bits per heavy atom. The average molecular weight is 814 g/mol. The Hall–Kier alpha value is -3.92. The summed E-state index contributed by atoms with van der Waals surface area (Å²) in [6.07, 6.45) is -4.07. The summed E-state index contributed by atoms with van der Waals surface area (Å²) < 4.78 is 79.1. The fourth-order valence-corrected chi connectivity index (χ4v) is 10.6. The molecule has 5 aromatic carbocycles. The third kappa shape index (κ3) is 12.3. The Balaban J connectivity index is 1.24. The van der Waals surface area contributed by atoms with Crippen LogP contribution in [-0.4, -0.2) is 73.5 Å². The van der Waals surface area contributed by atoms with Crippen molar-refractivity contribution >= 4 is 21.3 Å². The van der Waals surface area contributed by atoms with Crippen LogP contribution in [0.5, 0.6) is 0 Å².